The first-order valence-electron chi connectivity index (χ1n) is 8.09. The molecule has 0 unspecified atom stereocenters. The van der Waals surface area contributed by atoms with Crippen molar-refractivity contribution in [2.75, 3.05) is 5.32 Å². The van der Waals surface area contributed by atoms with E-state index in [2.05, 4.69) is 5.32 Å². The number of hydrogen-bond acceptors (Lipinski definition) is 5. The van der Waals surface area contributed by atoms with Crippen molar-refractivity contribution in [2.45, 2.75) is 0 Å². The van der Waals surface area contributed by atoms with Crippen molar-refractivity contribution in [3.05, 3.63) is 86.1 Å². The summed E-state index contributed by atoms with van der Waals surface area (Å²) in [5.74, 6) is -0.0688. The first-order chi connectivity index (χ1) is 13.9. The number of benzene rings is 2. The van der Waals surface area contributed by atoms with Crippen LogP contribution in [-0.2, 0) is 4.79 Å². The van der Waals surface area contributed by atoms with Gasteiger partial charge < -0.3 is 9.73 Å². The van der Waals surface area contributed by atoms with Gasteiger partial charge in [-0.2, -0.15) is 5.26 Å². The van der Waals surface area contributed by atoms with Crippen LogP contribution < -0.4 is 5.32 Å². The molecule has 2 aromatic carbocycles. The first-order valence-corrected chi connectivity index (χ1v) is 8.85. The average molecular weight is 428 g/mol. The van der Waals surface area contributed by atoms with E-state index < -0.39 is 10.8 Å². The summed E-state index contributed by atoms with van der Waals surface area (Å²) in [4.78, 5) is 22.8. The molecule has 9 heteroatoms. The second kappa shape index (κ2) is 8.61. The van der Waals surface area contributed by atoms with E-state index in [-0.39, 0.29) is 17.0 Å². The van der Waals surface area contributed by atoms with Gasteiger partial charge in [0.15, 0.2) is 0 Å². The fourth-order valence-electron chi connectivity index (χ4n) is 2.47. The highest BCUT2D eigenvalue weighted by Crippen LogP contribution is 2.27. The molecule has 0 bridgehead atoms. The van der Waals surface area contributed by atoms with Gasteiger partial charge in [0.05, 0.1) is 4.92 Å². The quantitative estimate of drug-likeness (QED) is 0.242. The molecule has 3 rings (SSSR count). The van der Waals surface area contributed by atoms with Gasteiger partial charge in [-0.15, -0.1) is 0 Å². The maximum atomic E-state index is 12.4. The van der Waals surface area contributed by atoms with Gasteiger partial charge in [-0.25, -0.2) is 0 Å². The summed E-state index contributed by atoms with van der Waals surface area (Å²) in [6.07, 6.45) is 1.27. The Labute approximate surface area is 174 Å². The summed E-state index contributed by atoms with van der Waals surface area (Å²) in [5.41, 5.74) is 0.551. The lowest BCUT2D eigenvalue weighted by atomic mass is 10.1. The van der Waals surface area contributed by atoms with Crippen molar-refractivity contribution in [2.24, 2.45) is 0 Å². The average Bonchev–Trinajstić information content (AvgIpc) is 3.14. The molecule has 0 aliphatic carbocycles. The topological polar surface area (TPSA) is 109 Å². The van der Waals surface area contributed by atoms with E-state index in [0.29, 0.717) is 27.1 Å². The summed E-state index contributed by atoms with van der Waals surface area (Å²) in [5, 5.41) is 23.4. The summed E-state index contributed by atoms with van der Waals surface area (Å²) in [6.45, 7) is 0. The predicted molar refractivity (Wildman–Crippen MR) is 109 cm³/mol. The molecule has 144 valence electrons. The third-order valence-electron chi connectivity index (χ3n) is 3.74. The molecule has 7 nitrogen and oxygen atoms in total. The van der Waals surface area contributed by atoms with Gasteiger partial charge in [0.2, 0.25) is 0 Å². The minimum Gasteiger partial charge on any atom is -0.457 e. The number of carbonyl (C=O) groups excluding carboxylic acids is 1. The highest BCUT2D eigenvalue weighted by molar-refractivity contribution is 6.35. The van der Waals surface area contributed by atoms with E-state index in [9.17, 15) is 20.2 Å². The zero-order chi connectivity index (χ0) is 21.0. The van der Waals surface area contributed by atoms with E-state index >= 15 is 0 Å². The minimum atomic E-state index is -0.667. The molecule has 3 aromatic rings. The standard InChI is InChI=1S/C20H11Cl2N3O4/c21-14-8-15(22)10-16(9-14)24-20(26)13(11-23)7-18-4-5-19(29-18)12-2-1-3-17(6-12)25(27)28/h1-10H,(H,24,26). The molecule has 1 amide bonds. The molecular formula is C20H11Cl2N3O4. The summed E-state index contributed by atoms with van der Waals surface area (Å²) in [7, 11) is 0. The highest BCUT2D eigenvalue weighted by atomic mass is 35.5. The molecule has 1 heterocycles. The molecular weight excluding hydrogens is 417 g/mol. The lowest BCUT2D eigenvalue weighted by Gasteiger charge is -2.05. The van der Waals surface area contributed by atoms with Crippen LogP contribution >= 0.6 is 23.2 Å². The Morgan fingerprint density at radius 2 is 1.86 bits per heavy atom. The number of rotatable bonds is 5. The van der Waals surface area contributed by atoms with E-state index in [1.54, 1.807) is 24.3 Å². The van der Waals surface area contributed by atoms with Crippen molar-refractivity contribution in [1.82, 2.24) is 0 Å². The number of halogens is 2. The third-order valence-corrected chi connectivity index (χ3v) is 4.18. The van der Waals surface area contributed by atoms with Crippen LogP contribution in [0.25, 0.3) is 17.4 Å². The second-order valence-corrected chi connectivity index (χ2v) is 6.66. The Kier molecular flexibility index (Phi) is 5.98. The van der Waals surface area contributed by atoms with E-state index in [1.807, 2.05) is 0 Å². The van der Waals surface area contributed by atoms with Gasteiger partial charge in [0.25, 0.3) is 11.6 Å². The number of nitrogens with zero attached hydrogens (tertiary/aromatic N) is 2. The van der Waals surface area contributed by atoms with E-state index in [0.717, 1.165) is 0 Å². The molecule has 0 radical (unpaired) electrons. The van der Waals surface area contributed by atoms with Crippen LogP contribution in [0, 0.1) is 21.4 Å². The number of nitro benzene ring substituents is 1. The fraction of sp³-hybridized carbons (Fsp3) is 0. The Morgan fingerprint density at radius 3 is 2.52 bits per heavy atom. The van der Waals surface area contributed by atoms with Crippen LogP contribution in [0.4, 0.5) is 11.4 Å². The lowest BCUT2D eigenvalue weighted by Crippen LogP contribution is -2.13. The highest BCUT2D eigenvalue weighted by Gasteiger charge is 2.13. The first kappa shape index (κ1) is 20.1. The Balaban J connectivity index is 1.83. The normalized spacial score (nSPS) is 11.0. The Bertz CT molecular complexity index is 1160. The number of anilines is 1. The summed E-state index contributed by atoms with van der Waals surface area (Å²) >= 11 is 11.8. The number of nitriles is 1. The van der Waals surface area contributed by atoms with Crippen molar-refractivity contribution >= 4 is 46.6 Å². The molecule has 0 saturated carbocycles. The number of carbonyl (C=O) groups is 1. The summed E-state index contributed by atoms with van der Waals surface area (Å²) in [6, 6.07) is 15.4. The van der Waals surface area contributed by atoms with Crippen molar-refractivity contribution < 1.29 is 14.1 Å². The second-order valence-electron chi connectivity index (χ2n) is 5.79. The number of hydrogen-bond donors (Lipinski definition) is 1. The molecule has 1 aromatic heterocycles. The smallest absolute Gasteiger partial charge is 0.270 e. The van der Waals surface area contributed by atoms with Crippen LogP contribution in [-0.4, -0.2) is 10.8 Å². The Morgan fingerprint density at radius 1 is 1.14 bits per heavy atom. The van der Waals surface area contributed by atoms with Crippen LogP contribution in [0.1, 0.15) is 5.76 Å². The lowest BCUT2D eigenvalue weighted by molar-refractivity contribution is -0.384. The number of furan rings is 1. The monoisotopic (exact) mass is 427 g/mol. The molecule has 0 saturated heterocycles. The number of amides is 1. The molecule has 29 heavy (non-hydrogen) atoms. The zero-order valence-electron chi connectivity index (χ0n) is 14.6. The third kappa shape index (κ3) is 5.02. The maximum Gasteiger partial charge on any atom is 0.270 e. The van der Waals surface area contributed by atoms with Gasteiger partial charge in [0.1, 0.15) is 23.2 Å². The van der Waals surface area contributed by atoms with Crippen molar-refractivity contribution in [1.29, 1.82) is 5.26 Å². The van der Waals surface area contributed by atoms with Crippen LogP contribution in [0.15, 0.2) is 64.6 Å². The molecule has 0 aliphatic rings. The number of non-ortho nitro benzene ring substituents is 1. The Hall–Kier alpha value is -3.60. The molecule has 0 spiro atoms. The van der Waals surface area contributed by atoms with Gasteiger partial charge in [0, 0.05) is 39.5 Å². The van der Waals surface area contributed by atoms with Crippen molar-refractivity contribution in [3.8, 4) is 17.4 Å². The van der Waals surface area contributed by atoms with Gasteiger partial charge in [-0.05, 0) is 30.3 Å². The molecule has 0 aliphatic heterocycles. The number of nitrogens with one attached hydrogen (secondary N) is 1. The summed E-state index contributed by atoms with van der Waals surface area (Å²) < 4.78 is 5.60. The van der Waals surface area contributed by atoms with Crippen LogP contribution in [0.5, 0.6) is 0 Å². The minimum absolute atomic E-state index is 0.0757. The zero-order valence-corrected chi connectivity index (χ0v) is 16.1. The molecule has 0 fully saturated rings. The number of nitro groups is 1. The molecule has 0 atom stereocenters. The van der Waals surface area contributed by atoms with Gasteiger partial charge in [-0.1, -0.05) is 35.3 Å². The van der Waals surface area contributed by atoms with Crippen molar-refractivity contribution in [3.63, 3.8) is 0 Å². The van der Waals surface area contributed by atoms with Gasteiger partial charge in [-0.3, -0.25) is 14.9 Å². The van der Waals surface area contributed by atoms with Crippen LogP contribution in [0.3, 0.4) is 0 Å². The fourth-order valence-corrected chi connectivity index (χ4v) is 3.00. The SMILES string of the molecule is N#CC(=Cc1ccc(-c2cccc([N+](=O)[O-])c2)o1)C(=O)Nc1cc(Cl)cc(Cl)c1. The van der Waals surface area contributed by atoms with E-state index in [4.69, 9.17) is 27.6 Å². The molecule has 1 N–H and O–H groups in total. The predicted octanol–water partition coefficient (Wildman–Crippen LogP) is 5.71. The maximum absolute atomic E-state index is 12.4. The van der Waals surface area contributed by atoms with Gasteiger partial charge >= 0.3 is 0 Å². The van der Waals surface area contributed by atoms with Crippen LogP contribution in [0.2, 0.25) is 10.0 Å². The largest absolute Gasteiger partial charge is 0.457 e. The van der Waals surface area contributed by atoms with E-state index in [1.165, 1.54) is 42.5 Å².